The molecule has 118 valence electrons. The van der Waals surface area contributed by atoms with Crippen LogP contribution < -0.4 is 0 Å². The van der Waals surface area contributed by atoms with Crippen molar-refractivity contribution in [2.75, 3.05) is 6.61 Å². The number of nitrogens with zero attached hydrogens (tertiary/aromatic N) is 1. The molecule has 0 saturated carbocycles. The maximum Gasteiger partial charge on any atom is 0.305 e. The summed E-state index contributed by atoms with van der Waals surface area (Å²) in [6, 6.07) is 19.1. The zero-order valence-electron chi connectivity index (χ0n) is 13.0. The largest absolute Gasteiger partial charge is 0.466 e. The van der Waals surface area contributed by atoms with E-state index in [-0.39, 0.29) is 12.4 Å². The predicted molar refractivity (Wildman–Crippen MR) is 90.2 cm³/mol. The Morgan fingerprint density at radius 1 is 1.13 bits per heavy atom. The lowest BCUT2D eigenvalue weighted by molar-refractivity contribution is -0.143. The normalized spacial score (nSPS) is 12.9. The zero-order chi connectivity index (χ0) is 16.7. The molecular formula is C19H18ClNO2. The number of hydrogen-bond acceptors (Lipinski definition) is 3. The molecule has 0 bridgehead atoms. The maximum absolute atomic E-state index is 11.8. The summed E-state index contributed by atoms with van der Waals surface area (Å²) in [6.45, 7) is 2.11. The molecule has 0 aliphatic carbocycles. The number of benzene rings is 2. The van der Waals surface area contributed by atoms with E-state index in [1.807, 2.05) is 42.5 Å². The van der Waals surface area contributed by atoms with E-state index >= 15 is 0 Å². The Hall–Kier alpha value is -2.31. The van der Waals surface area contributed by atoms with Crippen LogP contribution in [0.4, 0.5) is 0 Å². The van der Waals surface area contributed by atoms with Crippen LogP contribution in [0, 0.1) is 11.3 Å². The monoisotopic (exact) mass is 327 g/mol. The number of nitriles is 1. The molecule has 2 aromatic carbocycles. The first-order valence-corrected chi connectivity index (χ1v) is 7.88. The van der Waals surface area contributed by atoms with Crippen molar-refractivity contribution >= 4 is 17.6 Å². The van der Waals surface area contributed by atoms with Gasteiger partial charge < -0.3 is 4.74 Å². The van der Waals surface area contributed by atoms with Crippen molar-refractivity contribution in [3.63, 3.8) is 0 Å². The number of esters is 1. The Morgan fingerprint density at radius 3 is 2.30 bits per heavy atom. The molecule has 0 heterocycles. The van der Waals surface area contributed by atoms with Gasteiger partial charge in [0.2, 0.25) is 0 Å². The van der Waals surface area contributed by atoms with E-state index in [0.29, 0.717) is 18.1 Å². The van der Waals surface area contributed by atoms with Crippen LogP contribution in [0.25, 0.3) is 0 Å². The number of carbonyl (C=O) groups is 1. The summed E-state index contributed by atoms with van der Waals surface area (Å²) in [5, 5.41) is 10.6. The van der Waals surface area contributed by atoms with E-state index in [4.69, 9.17) is 16.3 Å². The maximum atomic E-state index is 11.8. The van der Waals surface area contributed by atoms with Crippen LogP contribution in [-0.4, -0.2) is 12.6 Å². The summed E-state index contributed by atoms with van der Waals surface area (Å²) < 4.78 is 5.00. The highest BCUT2D eigenvalue weighted by Crippen LogP contribution is 2.37. The van der Waals surface area contributed by atoms with Gasteiger partial charge in [0.1, 0.15) is 5.41 Å². The van der Waals surface area contributed by atoms with Crippen molar-refractivity contribution in [1.29, 1.82) is 5.26 Å². The van der Waals surface area contributed by atoms with Gasteiger partial charge >= 0.3 is 5.97 Å². The van der Waals surface area contributed by atoms with E-state index in [9.17, 15) is 10.1 Å². The van der Waals surface area contributed by atoms with E-state index < -0.39 is 5.41 Å². The molecule has 0 aromatic heterocycles. The Morgan fingerprint density at radius 2 is 1.74 bits per heavy atom. The summed E-state index contributed by atoms with van der Waals surface area (Å²) in [5.41, 5.74) is 0.771. The third-order valence-electron chi connectivity index (χ3n) is 3.80. The van der Waals surface area contributed by atoms with Crippen LogP contribution in [-0.2, 0) is 14.9 Å². The predicted octanol–water partition coefficient (Wildman–Crippen LogP) is 4.49. The van der Waals surface area contributed by atoms with Gasteiger partial charge in [-0.1, -0.05) is 54.1 Å². The van der Waals surface area contributed by atoms with Crippen LogP contribution in [0.15, 0.2) is 54.6 Å². The van der Waals surface area contributed by atoms with Crippen molar-refractivity contribution in [3.8, 4) is 6.07 Å². The van der Waals surface area contributed by atoms with Crippen molar-refractivity contribution < 1.29 is 9.53 Å². The summed E-state index contributed by atoms with van der Waals surface area (Å²) in [7, 11) is 0. The van der Waals surface area contributed by atoms with E-state index in [1.54, 1.807) is 19.1 Å². The highest BCUT2D eigenvalue weighted by atomic mass is 35.5. The van der Waals surface area contributed by atoms with E-state index in [1.165, 1.54) is 0 Å². The number of ether oxygens (including phenoxy) is 1. The first-order chi connectivity index (χ1) is 11.1. The fraction of sp³-hybridized carbons (Fsp3) is 0.263. The molecule has 1 atom stereocenters. The van der Waals surface area contributed by atoms with Gasteiger partial charge in [0.25, 0.3) is 0 Å². The molecule has 4 heteroatoms. The quantitative estimate of drug-likeness (QED) is 0.734. The van der Waals surface area contributed by atoms with Gasteiger partial charge in [-0.2, -0.15) is 5.26 Å². The lowest BCUT2D eigenvalue weighted by atomic mass is 9.72. The summed E-state index contributed by atoms with van der Waals surface area (Å²) in [4.78, 5) is 11.8. The number of halogens is 1. The van der Waals surface area contributed by atoms with Gasteiger partial charge in [-0.25, -0.2) is 0 Å². The lowest BCUT2D eigenvalue weighted by Crippen LogP contribution is -2.27. The van der Waals surface area contributed by atoms with Crippen LogP contribution in [0.2, 0.25) is 5.02 Å². The second-order valence-electron chi connectivity index (χ2n) is 5.20. The summed E-state index contributed by atoms with van der Waals surface area (Å²) >= 11 is 5.96. The molecule has 0 radical (unpaired) electrons. The highest BCUT2D eigenvalue weighted by molar-refractivity contribution is 6.30. The van der Waals surface area contributed by atoms with Crippen LogP contribution in [0.5, 0.6) is 0 Å². The van der Waals surface area contributed by atoms with Crippen LogP contribution in [0.1, 0.15) is 30.9 Å². The van der Waals surface area contributed by atoms with Crippen molar-refractivity contribution in [1.82, 2.24) is 0 Å². The van der Waals surface area contributed by atoms with Gasteiger partial charge in [0.05, 0.1) is 12.7 Å². The SMILES string of the molecule is CCOC(=O)CCC(C#N)(c1ccccc1)c1ccc(Cl)cc1. The Bertz CT molecular complexity index is 692. The van der Waals surface area contributed by atoms with Crippen molar-refractivity contribution in [2.24, 2.45) is 0 Å². The van der Waals surface area contributed by atoms with Gasteiger partial charge in [-0.15, -0.1) is 0 Å². The lowest BCUT2D eigenvalue weighted by Gasteiger charge is -2.27. The fourth-order valence-corrected chi connectivity index (χ4v) is 2.75. The van der Waals surface area contributed by atoms with Crippen molar-refractivity contribution in [3.05, 3.63) is 70.7 Å². The van der Waals surface area contributed by atoms with E-state index in [0.717, 1.165) is 11.1 Å². The molecule has 0 saturated heterocycles. The summed E-state index contributed by atoms with van der Waals surface area (Å²) in [5.74, 6) is -0.294. The molecule has 0 spiro atoms. The molecule has 0 amide bonds. The van der Waals surface area contributed by atoms with E-state index in [2.05, 4.69) is 6.07 Å². The molecule has 0 N–H and O–H groups in total. The number of carbonyl (C=O) groups excluding carboxylic acids is 1. The molecule has 0 aliphatic rings. The average Bonchev–Trinajstić information content (AvgIpc) is 2.58. The Balaban J connectivity index is 2.43. The number of hydrogen-bond donors (Lipinski definition) is 0. The highest BCUT2D eigenvalue weighted by Gasteiger charge is 2.35. The minimum absolute atomic E-state index is 0.179. The zero-order valence-corrected chi connectivity index (χ0v) is 13.7. The first-order valence-electron chi connectivity index (χ1n) is 7.51. The second-order valence-corrected chi connectivity index (χ2v) is 5.63. The van der Waals surface area contributed by atoms with Crippen LogP contribution >= 0.6 is 11.6 Å². The third kappa shape index (κ3) is 3.91. The molecule has 2 rings (SSSR count). The summed E-state index contributed by atoms with van der Waals surface area (Å²) in [6.07, 6.45) is 0.535. The minimum Gasteiger partial charge on any atom is -0.466 e. The van der Waals surface area contributed by atoms with Crippen molar-refractivity contribution in [2.45, 2.75) is 25.2 Å². The smallest absolute Gasteiger partial charge is 0.305 e. The molecular weight excluding hydrogens is 310 g/mol. The third-order valence-corrected chi connectivity index (χ3v) is 4.06. The number of rotatable bonds is 6. The minimum atomic E-state index is -0.904. The molecule has 2 aromatic rings. The second kappa shape index (κ2) is 7.80. The Kier molecular flexibility index (Phi) is 5.78. The van der Waals surface area contributed by atoms with Gasteiger partial charge in [0.15, 0.2) is 0 Å². The molecule has 3 nitrogen and oxygen atoms in total. The van der Waals surface area contributed by atoms with Gasteiger partial charge in [0, 0.05) is 11.4 Å². The van der Waals surface area contributed by atoms with Gasteiger partial charge in [-0.05, 0) is 36.6 Å². The van der Waals surface area contributed by atoms with Gasteiger partial charge in [-0.3, -0.25) is 4.79 Å². The standard InChI is InChI=1S/C19H18ClNO2/c1-2-23-18(22)12-13-19(14-21,15-6-4-3-5-7-15)16-8-10-17(20)11-9-16/h3-11H,2,12-13H2,1H3. The topological polar surface area (TPSA) is 50.1 Å². The molecule has 23 heavy (non-hydrogen) atoms. The fourth-order valence-electron chi connectivity index (χ4n) is 2.62. The first kappa shape index (κ1) is 17.1. The molecule has 0 aliphatic heterocycles. The Labute approximate surface area is 141 Å². The molecule has 1 unspecified atom stereocenters. The average molecular weight is 328 g/mol. The van der Waals surface area contributed by atoms with Crippen LogP contribution in [0.3, 0.4) is 0 Å². The molecule has 0 fully saturated rings.